The number of hydrogen-bond acceptors (Lipinski definition) is 3. The topological polar surface area (TPSA) is 23.6 Å². The average molecular weight is 339 g/mol. The van der Waals surface area contributed by atoms with Gasteiger partial charge in [-0.2, -0.15) is 0 Å². The van der Waals surface area contributed by atoms with E-state index in [2.05, 4.69) is 32.8 Å². The molecule has 0 N–H and O–H groups in total. The van der Waals surface area contributed by atoms with Gasteiger partial charge < -0.3 is 4.90 Å². The standard InChI is InChI=1S/C16H23BrN2O/c1-18-8-6-13(7-9-18)11-19(2)12-16(20)14-4-3-5-15(17)10-14/h3-5,10,13H,6-9,11-12H2,1-2H3. The number of carbonyl (C=O) groups excluding carboxylic acids is 1. The zero-order valence-corrected chi connectivity index (χ0v) is 13.9. The first kappa shape index (κ1) is 15.7. The minimum atomic E-state index is 0.196. The first-order chi connectivity index (χ1) is 9.54. The van der Waals surface area contributed by atoms with E-state index in [4.69, 9.17) is 0 Å². The number of ketones is 1. The van der Waals surface area contributed by atoms with E-state index in [-0.39, 0.29) is 5.78 Å². The van der Waals surface area contributed by atoms with Gasteiger partial charge in [-0.15, -0.1) is 0 Å². The van der Waals surface area contributed by atoms with Crippen molar-refractivity contribution in [2.45, 2.75) is 12.8 Å². The van der Waals surface area contributed by atoms with Crippen molar-refractivity contribution in [3.8, 4) is 0 Å². The molecule has 110 valence electrons. The minimum absolute atomic E-state index is 0.196. The molecule has 1 saturated heterocycles. The molecule has 1 aliphatic rings. The van der Waals surface area contributed by atoms with Crippen LogP contribution in [-0.2, 0) is 0 Å². The Hall–Kier alpha value is -0.710. The number of carbonyl (C=O) groups is 1. The van der Waals surface area contributed by atoms with Gasteiger partial charge in [0, 0.05) is 16.6 Å². The Balaban J connectivity index is 1.82. The zero-order valence-electron chi connectivity index (χ0n) is 12.3. The van der Waals surface area contributed by atoms with Gasteiger partial charge in [0.1, 0.15) is 0 Å². The highest BCUT2D eigenvalue weighted by molar-refractivity contribution is 9.10. The van der Waals surface area contributed by atoms with Crippen molar-refractivity contribution < 1.29 is 4.79 Å². The molecule has 3 nitrogen and oxygen atoms in total. The van der Waals surface area contributed by atoms with Crippen molar-refractivity contribution in [3.05, 3.63) is 34.3 Å². The van der Waals surface area contributed by atoms with Crippen molar-refractivity contribution in [3.63, 3.8) is 0 Å². The van der Waals surface area contributed by atoms with E-state index in [0.29, 0.717) is 6.54 Å². The van der Waals surface area contributed by atoms with Crippen molar-refractivity contribution in [2.75, 3.05) is 40.3 Å². The zero-order chi connectivity index (χ0) is 14.5. The largest absolute Gasteiger partial charge is 0.306 e. The predicted octanol–water partition coefficient (Wildman–Crippen LogP) is 2.91. The smallest absolute Gasteiger partial charge is 0.176 e. The first-order valence-corrected chi connectivity index (χ1v) is 8.00. The Morgan fingerprint density at radius 2 is 2.10 bits per heavy atom. The molecule has 1 fully saturated rings. The number of Topliss-reactive ketones (excluding diaryl/α,β-unsaturated/α-hetero) is 1. The number of hydrogen-bond donors (Lipinski definition) is 0. The van der Waals surface area contributed by atoms with Gasteiger partial charge in [0.2, 0.25) is 0 Å². The Labute approximate surface area is 130 Å². The molecule has 0 spiro atoms. The molecule has 1 aromatic carbocycles. The van der Waals surface area contributed by atoms with Crippen LogP contribution in [0.5, 0.6) is 0 Å². The molecule has 4 heteroatoms. The minimum Gasteiger partial charge on any atom is -0.306 e. The Morgan fingerprint density at radius 3 is 2.75 bits per heavy atom. The Bertz CT molecular complexity index is 456. The van der Waals surface area contributed by atoms with Crippen LogP contribution in [0.2, 0.25) is 0 Å². The Morgan fingerprint density at radius 1 is 1.40 bits per heavy atom. The lowest BCUT2D eigenvalue weighted by molar-refractivity contribution is 0.0924. The maximum atomic E-state index is 12.2. The fraction of sp³-hybridized carbons (Fsp3) is 0.562. The van der Waals surface area contributed by atoms with Gasteiger partial charge in [-0.3, -0.25) is 9.69 Å². The van der Waals surface area contributed by atoms with Crippen molar-refractivity contribution in [1.29, 1.82) is 0 Å². The number of halogens is 1. The number of likely N-dealkylation sites (N-methyl/N-ethyl adjacent to an activating group) is 1. The van der Waals surface area contributed by atoms with Crippen LogP contribution in [0.4, 0.5) is 0 Å². The first-order valence-electron chi connectivity index (χ1n) is 7.20. The fourth-order valence-corrected chi connectivity index (χ4v) is 3.15. The highest BCUT2D eigenvalue weighted by Gasteiger charge is 2.19. The van der Waals surface area contributed by atoms with E-state index >= 15 is 0 Å². The van der Waals surface area contributed by atoms with E-state index in [1.165, 1.54) is 25.9 Å². The lowest BCUT2D eigenvalue weighted by atomic mass is 9.96. The van der Waals surface area contributed by atoms with Crippen molar-refractivity contribution >= 4 is 21.7 Å². The molecule has 0 saturated carbocycles. The molecule has 0 aliphatic carbocycles. The monoisotopic (exact) mass is 338 g/mol. The molecule has 1 aliphatic heterocycles. The SMILES string of the molecule is CN1CCC(CN(C)CC(=O)c2cccc(Br)c2)CC1. The van der Waals surface area contributed by atoms with Crippen LogP contribution in [0.25, 0.3) is 0 Å². The summed E-state index contributed by atoms with van der Waals surface area (Å²) in [4.78, 5) is 16.8. The van der Waals surface area contributed by atoms with Gasteiger partial charge in [0.15, 0.2) is 5.78 Å². The van der Waals surface area contributed by atoms with Crippen LogP contribution >= 0.6 is 15.9 Å². The van der Waals surface area contributed by atoms with Crippen LogP contribution < -0.4 is 0 Å². The maximum absolute atomic E-state index is 12.2. The normalized spacial score (nSPS) is 17.6. The summed E-state index contributed by atoms with van der Waals surface area (Å²) >= 11 is 3.41. The van der Waals surface area contributed by atoms with Gasteiger partial charge >= 0.3 is 0 Å². The van der Waals surface area contributed by atoms with E-state index in [0.717, 1.165) is 22.5 Å². The highest BCUT2D eigenvalue weighted by atomic mass is 79.9. The molecule has 0 amide bonds. The number of likely N-dealkylation sites (tertiary alicyclic amines) is 1. The summed E-state index contributed by atoms with van der Waals surface area (Å²) in [6, 6.07) is 7.63. The summed E-state index contributed by atoms with van der Waals surface area (Å²) in [7, 11) is 4.23. The van der Waals surface area contributed by atoms with E-state index in [9.17, 15) is 4.79 Å². The molecule has 1 heterocycles. The molecule has 20 heavy (non-hydrogen) atoms. The van der Waals surface area contributed by atoms with E-state index in [1.807, 2.05) is 31.3 Å². The third-order valence-corrected chi connectivity index (χ3v) is 4.46. The van der Waals surface area contributed by atoms with E-state index in [1.54, 1.807) is 0 Å². The summed E-state index contributed by atoms with van der Waals surface area (Å²) in [5.41, 5.74) is 0.787. The average Bonchev–Trinajstić information content (AvgIpc) is 2.41. The van der Waals surface area contributed by atoms with Crippen LogP contribution in [0.1, 0.15) is 23.2 Å². The lowest BCUT2D eigenvalue weighted by Gasteiger charge is -2.31. The maximum Gasteiger partial charge on any atom is 0.176 e. The van der Waals surface area contributed by atoms with Gasteiger partial charge in [-0.1, -0.05) is 28.1 Å². The summed E-state index contributed by atoms with van der Waals surface area (Å²) in [6.07, 6.45) is 2.48. The molecule has 0 unspecified atom stereocenters. The second-order valence-electron chi connectivity index (χ2n) is 5.88. The third-order valence-electron chi connectivity index (χ3n) is 3.97. The van der Waals surface area contributed by atoms with Crippen LogP contribution in [0.15, 0.2) is 28.7 Å². The van der Waals surface area contributed by atoms with E-state index < -0.39 is 0 Å². The molecule has 0 bridgehead atoms. The third kappa shape index (κ3) is 4.69. The lowest BCUT2D eigenvalue weighted by Crippen LogP contribution is -2.37. The van der Waals surface area contributed by atoms with Gasteiger partial charge in [-0.05, 0) is 58.1 Å². The number of benzene rings is 1. The van der Waals surface area contributed by atoms with Crippen LogP contribution in [-0.4, -0.2) is 55.9 Å². The molecule has 0 radical (unpaired) electrons. The summed E-state index contributed by atoms with van der Waals surface area (Å²) in [6.45, 7) is 3.88. The summed E-state index contributed by atoms with van der Waals surface area (Å²) < 4.78 is 0.960. The molecule has 0 aromatic heterocycles. The summed E-state index contributed by atoms with van der Waals surface area (Å²) in [5, 5.41) is 0. The van der Waals surface area contributed by atoms with Gasteiger partial charge in [0.05, 0.1) is 6.54 Å². The number of rotatable bonds is 5. The molecule has 1 aromatic rings. The molecule has 2 rings (SSSR count). The van der Waals surface area contributed by atoms with Gasteiger partial charge in [0.25, 0.3) is 0 Å². The highest BCUT2D eigenvalue weighted by Crippen LogP contribution is 2.17. The van der Waals surface area contributed by atoms with Crippen molar-refractivity contribution in [1.82, 2.24) is 9.80 Å². The molecular formula is C16H23BrN2O. The number of piperidine rings is 1. The number of nitrogens with zero attached hydrogens (tertiary/aromatic N) is 2. The molecule has 0 atom stereocenters. The van der Waals surface area contributed by atoms with Crippen molar-refractivity contribution in [2.24, 2.45) is 5.92 Å². The fourth-order valence-electron chi connectivity index (χ4n) is 2.75. The predicted molar refractivity (Wildman–Crippen MR) is 86.2 cm³/mol. The van der Waals surface area contributed by atoms with Crippen LogP contribution in [0, 0.1) is 5.92 Å². The summed E-state index contributed by atoms with van der Waals surface area (Å²) in [5.74, 6) is 0.924. The second-order valence-corrected chi connectivity index (χ2v) is 6.79. The molecular weight excluding hydrogens is 316 g/mol. The van der Waals surface area contributed by atoms with Crippen LogP contribution in [0.3, 0.4) is 0 Å². The quantitative estimate of drug-likeness (QED) is 0.771. The second kappa shape index (κ2) is 7.34. The van der Waals surface area contributed by atoms with Gasteiger partial charge in [-0.25, -0.2) is 0 Å². The Kier molecular flexibility index (Phi) is 5.75.